The number of fused-ring (bicyclic) bond motifs is 1. The molecule has 1 N–H and O–H groups in total. The highest BCUT2D eigenvalue weighted by Gasteiger charge is 2.25. The van der Waals surface area contributed by atoms with E-state index in [0.29, 0.717) is 16.6 Å². The Bertz CT molecular complexity index is 715. The van der Waals surface area contributed by atoms with E-state index in [1.165, 1.54) is 0 Å². The minimum absolute atomic E-state index is 0.0573. The van der Waals surface area contributed by atoms with Gasteiger partial charge in [0.2, 0.25) is 0 Å². The lowest BCUT2D eigenvalue weighted by Gasteiger charge is -2.24. The molecule has 2 aromatic heterocycles. The largest absolute Gasteiger partial charge is 0.460 e. The number of hydrogen-bond donors (Lipinski definition) is 1. The summed E-state index contributed by atoms with van der Waals surface area (Å²) in [6, 6.07) is 0.380. The van der Waals surface area contributed by atoms with E-state index in [1.54, 1.807) is 0 Å². The van der Waals surface area contributed by atoms with Crippen molar-refractivity contribution < 1.29 is 9.47 Å². The van der Waals surface area contributed by atoms with E-state index in [-0.39, 0.29) is 12.3 Å². The second-order valence-corrected chi connectivity index (χ2v) is 7.13. The zero-order valence-corrected chi connectivity index (χ0v) is 16.7. The summed E-state index contributed by atoms with van der Waals surface area (Å²) in [5.41, 5.74) is 1.45. The maximum atomic E-state index is 5.96. The third-order valence-corrected chi connectivity index (χ3v) is 4.99. The summed E-state index contributed by atoms with van der Waals surface area (Å²) in [6.07, 6.45) is 6.47. The molecule has 0 aliphatic carbocycles. The van der Waals surface area contributed by atoms with Crippen LogP contribution in [0.15, 0.2) is 4.73 Å². The molecule has 0 spiro atoms. The number of ether oxygens (including phenoxy) is 2. The molecule has 1 fully saturated rings. The molecule has 3 rings (SSSR count). The standard InChI is InChI=1S/C17H26BrN5O2/c1-4-5-8-11(2)25-17-21-14(19-3)13-15(22-17)23(16(18)20-13)12-9-6-7-10-24-12/h11-12H,4-10H2,1-3H3,(H,19,21,22)/t11-,12?/m0/s1. The lowest BCUT2D eigenvalue weighted by atomic mass is 10.2. The molecule has 1 aliphatic rings. The summed E-state index contributed by atoms with van der Waals surface area (Å²) in [7, 11) is 1.83. The topological polar surface area (TPSA) is 74.1 Å². The van der Waals surface area contributed by atoms with Gasteiger partial charge in [-0.25, -0.2) is 4.98 Å². The van der Waals surface area contributed by atoms with Crippen molar-refractivity contribution in [3.63, 3.8) is 0 Å². The first kappa shape index (κ1) is 18.4. The second-order valence-electron chi connectivity index (χ2n) is 6.42. The van der Waals surface area contributed by atoms with Gasteiger partial charge in [-0.3, -0.25) is 4.57 Å². The van der Waals surface area contributed by atoms with Gasteiger partial charge in [-0.1, -0.05) is 19.8 Å². The zero-order chi connectivity index (χ0) is 17.8. The Balaban J connectivity index is 1.97. The molecule has 1 aliphatic heterocycles. The van der Waals surface area contributed by atoms with Crippen molar-refractivity contribution in [2.45, 2.75) is 64.7 Å². The highest BCUT2D eigenvalue weighted by molar-refractivity contribution is 9.10. The molecule has 0 aromatic carbocycles. The zero-order valence-electron chi connectivity index (χ0n) is 15.1. The number of halogens is 1. The molecule has 0 amide bonds. The lowest BCUT2D eigenvalue weighted by Crippen LogP contribution is -2.19. The van der Waals surface area contributed by atoms with Crippen molar-refractivity contribution in [3.05, 3.63) is 4.73 Å². The van der Waals surface area contributed by atoms with Crippen LogP contribution in [0.1, 0.15) is 58.6 Å². The van der Waals surface area contributed by atoms with Crippen LogP contribution in [0.2, 0.25) is 0 Å². The van der Waals surface area contributed by atoms with Crippen molar-refractivity contribution in [2.24, 2.45) is 0 Å². The van der Waals surface area contributed by atoms with Gasteiger partial charge in [-0.05, 0) is 48.5 Å². The fourth-order valence-electron chi connectivity index (χ4n) is 3.07. The number of unbranched alkanes of at least 4 members (excludes halogenated alkanes) is 1. The Morgan fingerprint density at radius 2 is 2.20 bits per heavy atom. The average molecular weight is 412 g/mol. The normalized spacial score (nSPS) is 19.1. The van der Waals surface area contributed by atoms with E-state index in [1.807, 2.05) is 11.6 Å². The molecule has 138 valence electrons. The van der Waals surface area contributed by atoms with Crippen LogP contribution in [0.4, 0.5) is 5.82 Å². The Kier molecular flexibility index (Phi) is 6.11. The van der Waals surface area contributed by atoms with E-state index in [2.05, 4.69) is 50.0 Å². The molecule has 1 unspecified atom stereocenters. The van der Waals surface area contributed by atoms with Crippen LogP contribution in [0.25, 0.3) is 11.2 Å². The molecule has 7 nitrogen and oxygen atoms in total. The number of nitrogens with one attached hydrogen (secondary N) is 1. The van der Waals surface area contributed by atoms with Crippen LogP contribution in [0.3, 0.4) is 0 Å². The molecule has 0 saturated carbocycles. The molecule has 1 saturated heterocycles. The van der Waals surface area contributed by atoms with Gasteiger partial charge in [0.1, 0.15) is 6.23 Å². The number of nitrogens with zero attached hydrogens (tertiary/aromatic N) is 4. The summed E-state index contributed by atoms with van der Waals surface area (Å²) in [4.78, 5) is 13.7. The molecule has 0 radical (unpaired) electrons. The van der Waals surface area contributed by atoms with Crippen LogP contribution in [0.5, 0.6) is 6.01 Å². The number of hydrogen-bond acceptors (Lipinski definition) is 6. The molecule has 8 heteroatoms. The van der Waals surface area contributed by atoms with Crippen LogP contribution in [-0.4, -0.2) is 39.3 Å². The quantitative estimate of drug-likeness (QED) is 0.684. The molecule has 25 heavy (non-hydrogen) atoms. The molecular formula is C17H26BrN5O2. The first-order valence-electron chi connectivity index (χ1n) is 9.05. The summed E-state index contributed by atoms with van der Waals surface area (Å²) < 4.78 is 14.6. The van der Waals surface area contributed by atoms with Gasteiger partial charge in [0, 0.05) is 13.7 Å². The highest BCUT2D eigenvalue weighted by atomic mass is 79.9. The minimum atomic E-state index is -0.0573. The van der Waals surface area contributed by atoms with Crippen molar-refractivity contribution >= 4 is 32.9 Å². The van der Waals surface area contributed by atoms with E-state index in [9.17, 15) is 0 Å². The van der Waals surface area contributed by atoms with E-state index in [0.717, 1.165) is 56.3 Å². The van der Waals surface area contributed by atoms with Gasteiger partial charge in [-0.15, -0.1) is 0 Å². The maximum Gasteiger partial charge on any atom is 0.320 e. The van der Waals surface area contributed by atoms with Crippen LogP contribution in [0, 0.1) is 0 Å². The summed E-state index contributed by atoms with van der Waals surface area (Å²) in [5, 5.41) is 3.10. The Labute approximate surface area is 156 Å². The van der Waals surface area contributed by atoms with Gasteiger partial charge in [0.05, 0.1) is 6.10 Å². The predicted octanol–water partition coefficient (Wildman–Crippen LogP) is 4.29. The van der Waals surface area contributed by atoms with E-state index < -0.39 is 0 Å². The fourth-order valence-corrected chi connectivity index (χ4v) is 3.64. The van der Waals surface area contributed by atoms with E-state index >= 15 is 0 Å². The number of imidazole rings is 1. The lowest BCUT2D eigenvalue weighted by molar-refractivity contribution is -0.0311. The first-order chi connectivity index (χ1) is 12.1. The molecule has 2 atom stereocenters. The van der Waals surface area contributed by atoms with Crippen LogP contribution < -0.4 is 10.1 Å². The Morgan fingerprint density at radius 1 is 1.36 bits per heavy atom. The average Bonchev–Trinajstić information content (AvgIpc) is 2.95. The molecular weight excluding hydrogens is 386 g/mol. The van der Waals surface area contributed by atoms with Gasteiger partial charge in [-0.2, -0.15) is 9.97 Å². The smallest absolute Gasteiger partial charge is 0.320 e. The van der Waals surface area contributed by atoms with Crippen molar-refractivity contribution in [2.75, 3.05) is 19.0 Å². The minimum Gasteiger partial charge on any atom is -0.460 e. The number of rotatable bonds is 7. The maximum absolute atomic E-state index is 5.96. The number of aromatic nitrogens is 4. The SMILES string of the molecule is CCCC[C@H](C)Oc1nc(NC)c2nc(Br)n(C3CCCCO3)c2n1. The fraction of sp³-hybridized carbons (Fsp3) is 0.706. The first-order valence-corrected chi connectivity index (χ1v) is 9.84. The highest BCUT2D eigenvalue weighted by Crippen LogP contribution is 2.33. The van der Waals surface area contributed by atoms with Crippen molar-refractivity contribution in [3.8, 4) is 6.01 Å². The predicted molar refractivity (Wildman–Crippen MR) is 101 cm³/mol. The summed E-state index contributed by atoms with van der Waals surface area (Å²) in [6.45, 7) is 4.99. The summed E-state index contributed by atoms with van der Waals surface area (Å²) in [5.74, 6) is 0.665. The molecule has 2 aromatic rings. The van der Waals surface area contributed by atoms with Crippen molar-refractivity contribution in [1.82, 2.24) is 19.5 Å². The van der Waals surface area contributed by atoms with Gasteiger partial charge in [0.15, 0.2) is 21.7 Å². The van der Waals surface area contributed by atoms with Crippen LogP contribution in [-0.2, 0) is 4.74 Å². The molecule has 3 heterocycles. The second kappa shape index (κ2) is 8.31. The van der Waals surface area contributed by atoms with Gasteiger partial charge >= 0.3 is 6.01 Å². The Hall–Kier alpha value is -1.41. The van der Waals surface area contributed by atoms with E-state index in [4.69, 9.17) is 9.47 Å². The van der Waals surface area contributed by atoms with Gasteiger partial charge in [0.25, 0.3) is 0 Å². The molecule has 0 bridgehead atoms. The summed E-state index contributed by atoms with van der Waals surface area (Å²) >= 11 is 3.55. The van der Waals surface area contributed by atoms with Crippen molar-refractivity contribution in [1.29, 1.82) is 0 Å². The Morgan fingerprint density at radius 3 is 2.88 bits per heavy atom. The third-order valence-electron chi connectivity index (χ3n) is 4.43. The number of anilines is 1. The monoisotopic (exact) mass is 411 g/mol. The van der Waals surface area contributed by atoms with Crippen LogP contribution >= 0.6 is 15.9 Å². The third kappa shape index (κ3) is 4.06. The van der Waals surface area contributed by atoms with Gasteiger partial charge < -0.3 is 14.8 Å².